The summed E-state index contributed by atoms with van der Waals surface area (Å²) in [7, 11) is 0. The van der Waals surface area contributed by atoms with Crippen molar-refractivity contribution in [3.8, 4) is 5.75 Å². The molecule has 20 heavy (non-hydrogen) atoms. The highest BCUT2D eigenvalue weighted by molar-refractivity contribution is 5.80. The van der Waals surface area contributed by atoms with Gasteiger partial charge in [-0.1, -0.05) is 12.1 Å². The number of anilines is 1. The molecule has 0 saturated heterocycles. The summed E-state index contributed by atoms with van der Waals surface area (Å²) in [5, 5.41) is 0.893. The standard InChI is InChI=1S/C16H15FN2O/c17-13-5-6-15-12(11-13)7-8-19(15)9-10-20-16-4-2-1-3-14(16)18/h1-8,11H,9-10,18H2. The predicted molar refractivity (Wildman–Crippen MR) is 78.2 cm³/mol. The van der Waals surface area contributed by atoms with E-state index in [0.717, 1.165) is 10.9 Å². The van der Waals surface area contributed by atoms with E-state index in [1.54, 1.807) is 6.07 Å². The lowest BCUT2D eigenvalue weighted by Gasteiger charge is -2.10. The quantitative estimate of drug-likeness (QED) is 0.738. The summed E-state index contributed by atoms with van der Waals surface area (Å²) in [6.45, 7) is 1.19. The van der Waals surface area contributed by atoms with E-state index in [9.17, 15) is 4.39 Å². The Kier molecular flexibility index (Phi) is 3.29. The van der Waals surface area contributed by atoms with Crippen LogP contribution in [-0.2, 0) is 6.54 Å². The Balaban J connectivity index is 1.70. The lowest BCUT2D eigenvalue weighted by Crippen LogP contribution is -2.08. The first-order valence-corrected chi connectivity index (χ1v) is 6.46. The van der Waals surface area contributed by atoms with Crippen molar-refractivity contribution in [1.29, 1.82) is 0 Å². The number of halogens is 1. The van der Waals surface area contributed by atoms with Crippen molar-refractivity contribution < 1.29 is 9.13 Å². The van der Waals surface area contributed by atoms with Gasteiger partial charge in [0, 0.05) is 17.1 Å². The fourth-order valence-electron chi connectivity index (χ4n) is 2.23. The molecule has 4 heteroatoms. The minimum Gasteiger partial charge on any atom is -0.490 e. The van der Waals surface area contributed by atoms with E-state index in [2.05, 4.69) is 0 Å². The second-order valence-electron chi connectivity index (χ2n) is 4.60. The van der Waals surface area contributed by atoms with E-state index in [0.29, 0.717) is 24.6 Å². The molecule has 0 aliphatic rings. The van der Waals surface area contributed by atoms with Crippen molar-refractivity contribution in [2.24, 2.45) is 0 Å². The van der Waals surface area contributed by atoms with Crippen molar-refractivity contribution in [3.05, 3.63) is 60.5 Å². The van der Waals surface area contributed by atoms with Crippen molar-refractivity contribution >= 4 is 16.6 Å². The summed E-state index contributed by atoms with van der Waals surface area (Å²) < 4.78 is 20.8. The smallest absolute Gasteiger partial charge is 0.142 e. The van der Waals surface area contributed by atoms with Gasteiger partial charge in [-0.3, -0.25) is 0 Å². The van der Waals surface area contributed by atoms with Gasteiger partial charge in [0.25, 0.3) is 0 Å². The Morgan fingerprint density at radius 2 is 1.95 bits per heavy atom. The first-order chi connectivity index (χ1) is 9.74. The van der Waals surface area contributed by atoms with Crippen LogP contribution in [0.1, 0.15) is 0 Å². The highest BCUT2D eigenvalue weighted by atomic mass is 19.1. The van der Waals surface area contributed by atoms with Crippen LogP contribution in [0, 0.1) is 5.82 Å². The number of rotatable bonds is 4. The van der Waals surface area contributed by atoms with E-state index in [1.165, 1.54) is 12.1 Å². The molecule has 3 aromatic rings. The number of hydrogen-bond acceptors (Lipinski definition) is 2. The highest BCUT2D eigenvalue weighted by Gasteiger charge is 2.03. The third kappa shape index (κ3) is 2.45. The van der Waals surface area contributed by atoms with Gasteiger partial charge in [0.2, 0.25) is 0 Å². The fraction of sp³-hybridized carbons (Fsp3) is 0.125. The Bertz CT molecular complexity index is 736. The number of nitrogen functional groups attached to an aromatic ring is 1. The lowest BCUT2D eigenvalue weighted by molar-refractivity contribution is 0.302. The van der Waals surface area contributed by atoms with Gasteiger partial charge in [-0.25, -0.2) is 4.39 Å². The molecule has 0 amide bonds. The molecule has 0 aliphatic carbocycles. The van der Waals surface area contributed by atoms with Crippen molar-refractivity contribution in [3.63, 3.8) is 0 Å². The molecule has 3 rings (SSSR count). The minimum absolute atomic E-state index is 0.219. The molecule has 0 unspecified atom stereocenters. The molecule has 3 nitrogen and oxygen atoms in total. The van der Waals surface area contributed by atoms with Gasteiger partial charge >= 0.3 is 0 Å². The van der Waals surface area contributed by atoms with Gasteiger partial charge in [-0.2, -0.15) is 0 Å². The maximum absolute atomic E-state index is 13.1. The van der Waals surface area contributed by atoms with E-state index in [4.69, 9.17) is 10.5 Å². The molecule has 0 spiro atoms. The minimum atomic E-state index is -0.219. The lowest BCUT2D eigenvalue weighted by atomic mass is 10.2. The van der Waals surface area contributed by atoms with Gasteiger partial charge in [-0.15, -0.1) is 0 Å². The molecule has 0 radical (unpaired) electrons. The summed E-state index contributed by atoms with van der Waals surface area (Å²) >= 11 is 0. The Hall–Kier alpha value is -2.49. The van der Waals surface area contributed by atoms with Crippen molar-refractivity contribution in [2.45, 2.75) is 6.54 Å². The summed E-state index contributed by atoms with van der Waals surface area (Å²) in [5.41, 5.74) is 7.44. The maximum Gasteiger partial charge on any atom is 0.142 e. The molecule has 102 valence electrons. The maximum atomic E-state index is 13.1. The SMILES string of the molecule is Nc1ccccc1OCCn1ccc2cc(F)ccc21. The number of hydrogen-bond donors (Lipinski definition) is 1. The van der Waals surface area contributed by atoms with Crippen LogP contribution in [0.5, 0.6) is 5.75 Å². The largest absolute Gasteiger partial charge is 0.490 e. The molecule has 0 atom stereocenters. The number of benzene rings is 2. The molecule has 0 aliphatic heterocycles. The molecule has 1 heterocycles. The number of para-hydroxylation sites is 2. The molecule has 1 aromatic heterocycles. The highest BCUT2D eigenvalue weighted by Crippen LogP contribution is 2.20. The third-order valence-corrected chi connectivity index (χ3v) is 3.24. The van der Waals surface area contributed by atoms with Crippen LogP contribution in [0.15, 0.2) is 54.7 Å². The average molecular weight is 270 g/mol. The summed E-state index contributed by atoms with van der Waals surface area (Å²) in [5.74, 6) is 0.471. The normalized spacial score (nSPS) is 10.8. The number of nitrogens with two attached hydrogens (primary N) is 1. The van der Waals surface area contributed by atoms with E-state index < -0.39 is 0 Å². The average Bonchev–Trinajstić information content (AvgIpc) is 2.83. The second kappa shape index (κ2) is 5.25. The van der Waals surface area contributed by atoms with E-state index in [-0.39, 0.29) is 5.82 Å². The Morgan fingerprint density at radius 3 is 2.80 bits per heavy atom. The van der Waals surface area contributed by atoms with E-state index >= 15 is 0 Å². The second-order valence-corrected chi connectivity index (χ2v) is 4.60. The molecular weight excluding hydrogens is 255 g/mol. The van der Waals surface area contributed by atoms with Crippen LogP contribution in [0.25, 0.3) is 10.9 Å². The summed E-state index contributed by atoms with van der Waals surface area (Å²) in [6.07, 6.45) is 1.93. The third-order valence-electron chi connectivity index (χ3n) is 3.24. The van der Waals surface area contributed by atoms with Crippen LogP contribution >= 0.6 is 0 Å². The predicted octanol–water partition coefficient (Wildman–Crippen LogP) is 3.44. The zero-order chi connectivity index (χ0) is 13.9. The molecule has 0 saturated carbocycles. The molecule has 0 fully saturated rings. The van der Waals surface area contributed by atoms with Gasteiger partial charge in [0.15, 0.2) is 0 Å². The van der Waals surface area contributed by atoms with Gasteiger partial charge in [0.1, 0.15) is 18.2 Å². The zero-order valence-electron chi connectivity index (χ0n) is 10.9. The number of aromatic nitrogens is 1. The monoisotopic (exact) mass is 270 g/mol. The Labute approximate surface area is 116 Å². The molecule has 2 N–H and O–H groups in total. The van der Waals surface area contributed by atoms with Gasteiger partial charge < -0.3 is 15.0 Å². The Morgan fingerprint density at radius 1 is 1.10 bits per heavy atom. The van der Waals surface area contributed by atoms with Crippen LogP contribution in [0.3, 0.4) is 0 Å². The molecule has 2 aromatic carbocycles. The number of ether oxygens (including phenoxy) is 1. The summed E-state index contributed by atoms with van der Waals surface area (Å²) in [6, 6.07) is 14.1. The molecule has 0 bridgehead atoms. The number of fused-ring (bicyclic) bond motifs is 1. The van der Waals surface area contributed by atoms with Crippen LogP contribution < -0.4 is 10.5 Å². The van der Waals surface area contributed by atoms with Crippen molar-refractivity contribution in [1.82, 2.24) is 4.57 Å². The van der Waals surface area contributed by atoms with Crippen LogP contribution in [0.4, 0.5) is 10.1 Å². The summed E-state index contributed by atoms with van der Waals surface area (Å²) in [4.78, 5) is 0. The topological polar surface area (TPSA) is 40.2 Å². The fourth-order valence-corrected chi connectivity index (χ4v) is 2.23. The van der Waals surface area contributed by atoms with Gasteiger partial charge in [-0.05, 0) is 36.4 Å². The zero-order valence-corrected chi connectivity index (χ0v) is 10.9. The van der Waals surface area contributed by atoms with E-state index in [1.807, 2.05) is 41.1 Å². The van der Waals surface area contributed by atoms with Gasteiger partial charge in [0.05, 0.1) is 12.2 Å². The van der Waals surface area contributed by atoms with Crippen LogP contribution in [-0.4, -0.2) is 11.2 Å². The first kappa shape index (κ1) is 12.5. The number of nitrogens with zero attached hydrogens (tertiary/aromatic N) is 1. The van der Waals surface area contributed by atoms with Crippen LogP contribution in [0.2, 0.25) is 0 Å². The first-order valence-electron chi connectivity index (χ1n) is 6.46. The molecular formula is C16H15FN2O. The van der Waals surface area contributed by atoms with Crippen molar-refractivity contribution in [2.75, 3.05) is 12.3 Å².